The number of carbonyl (C=O) groups is 2. The van der Waals surface area contributed by atoms with Crippen LogP contribution >= 0.6 is 15.9 Å². The van der Waals surface area contributed by atoms with Gasteiger partial charge in [-0.25, -0.2) is 0 Å². The lowest BCUT2D eigenvalue weighted by Gasteiger charge is -2.04. The maximum atomic E-state index is 11.4. The maximum Gasteiger partial charge on any atom is 0.313 e. The average Bonchev–Trinajstić information content (AvgIpc) is 2.29. The molecular weight excluding hydrogens is 300 g/mol. The fraction of sp³-hybridized carbons (Fsp3) is 0.385. The Morgan fingerprint density at radius 1 is 1.33 bits per heavy atom. The predicted octanol–water partition coefficient (Wildman–Crippen LogP) is 2.49. The topological polar surface area (TPSA) is 52.6 Å². The number of ketones is 1. The number of Topliss-reactive ketones (excluding diaryl/α,β-unsaturated/α-hetero) is 1. The van der Waals surface area contributed by atoms with E-state index in [1.165, 1.54) is 0 Å². The number of benzene rings is 1. The zero-order valence-electron chi connectivity index (χ0n) is 10.1. The Hall–Kier alpha value is -1.20. The third kappa shape index (κ3) is 5.93. The standard InChI is InChI=1S/C13H15BrO4/c1-2-18-13(16)7-12(15)9-17-8-10-4-3-5-11(14)6-10/h3-6H,2,7-9H2,1H3. The molecular formula is C13H15BrO4. The maximum absolute atomic E-state index is 11.4. The van der Waals surface area contributed by atoms with Gasteiger partial charge in [0.25, 0.3) is 0 Å². The van der Waals surface area contributed by atoms with Gasteiger partial charge in [-0.1, -0.05) is 28.1 Å². The van der Waals surface area contributed by atoms with Crippen molar-refractivity contribution in [2.24, 2.45) is 0 Å². The third-order valence-corrected chi connectivity index (χ3v) is 2.56. The van der Waals surface area contributed by atoms with E-state index >= 15 is 0 Å². The van der Waals surface area contributed by atoms with E-state index in [-0.39, 0.29) is 25.4 Å². The molecule has 0 saturated heterocycles. The molecule has 1 aromatic carbocycles. The summed E-state index contributed by atoms with van der Waals surface area (Å²) in [7, 11) is 0. The Labute approximate surface area is 114 Å². The van der Waals surface area contributed by atoms with Crippen LogP contribution in [0, 0.1) is 0 Å². The first kappa shape index (κ1) is 14.9. The summed E-state index contributed by atoms with van der Waals surface area (Å²) in [5, 5.41) is 0. The van der Waals surface area contributed by atoms with Crippen LogP contribution in [-0.4, -0.2) is 25.0 Å². The summed E-state index contributed by atoms with van der Waals surface area (Å²) >= 11 is 3.35. The molecule has 0 aliphatic rings. The smallest absolute Gasteiger partial charge is 0.313 e. The molecule has 98 valence electrons. The minimum Gasteiger partial charge on any atom is -0.466 e. The van der Waals surface area contributed by atoms with Crippen molar-refractivity contribution in [3.8, 4) is 0 Å². The number of hydrogen-bond donors (Lipinski definition) is 0. The lowest BCUT2D eigenvalue weighted by atomic mass is 10.2. The highest BCUT2D eigenvalue weighted by atomic mass is 79.9. The molecule has 0 aliphatic carbocycles. The van der Waals surface area contributed by atoms with Crippen LogP contribution in [0.25, 0.3) is 0 Å². The molecule has 0 heterocycles. The lowest BCUT2D eigenvalue weighted by Crippen LogP contribution is -2.15. The fourth-order valence-electron chi connectivity index (χ4n) is 1.33. The van der Waals surface area contributed by atoms with E-state index in [1.807, 2.05) is 24.3 Å². The molecule has 1 rings (SSSR count). The number of hydrogen-bond acceptors (Lipinski definition) is 4. The van der Waals surface area contributed by atoms with Crippen molar-refractivity contribution in [3.63, 3.8) is 0 Å². The van der Waals surface area contributed by atoms with E-state index in [1.54, 1.807) is 6.92 Å². The van der Waals surface area contributed by atoms with E-state index in [0.717, 1.165) is 10.0 Å². The molecule has 0 N–H and O–H groups in total. The number of carbonyl (C=O) groups excluding carboxylic acids is 2. The largest absolute Gasteiger partial charge is 0.466 e. The molecule has 0 aromatic heterocycles. The second-order valence-corrected chi connectivity index (χ2v) is 4.56. The van der Waals surface area contributed by atoms with Gasteiger partial charge in [0, 0.05) is 4.47 Å². The minimum atomic E-state index is -0.506. The first-order valence-corrected chi connectivity index (χ1v) is 6.40. The lowest BCUT2D eigenvalue weighted by molar-refractivity contribution is -0.146. The van der Waals surface area contributed by atoms with E-state index in [4.69, 9.17) is 4.74 Å². The summed E-state index contributed by atoms with van der Waals surface area (Å²) in [6, 6.07) is 7.62. The zero-order chi connectivity index (χ0) is 13.4. The normalized spacial score (nSPS) is 10.1. The second kappa shape index (κ2) is 8.00. The monoisotopic (exact) mass is 314 g/mol. The van der Waals surface area contributed by atoms with Crippen LogP contribution < -0.4 is 0 Å². The Kier molecular flexibility index (Phi) is 6.60. The highest BCUT2D eigenvalue weighted by molar-refractivity contribution is 9.10. The number of rotatable bonds is 7. The quantitative estimate of drug-likeness (QED) is 0.573. The minimum absolute atomic E-state index is 0.0780. The van der Waals surface area contributed by atoms with Crippen LogP contribution in [0.15, 0.2) is 28.7 Å². The first-order valence-electron chi connectivity index (χ1n) is 5.61. The van der Waals surface area contributed by atoms with Gasteiger partial charge in [0.2, 0.25) is 0 Å². The van der Waals surface area contributed by atoms with Gasteiger partial charge in [-0.3, -0.25) is 9.59 Å². The van der Waals surface area contributed by atoms with Crippen molar-refractivity contribution < 1.29 is 19.1 Å². The zero-order valence-corrected chi connectivity index (χ0v) is 11.7. The molecule has 1 aromatic rings. The highest BCUT2D eigenvalue weighted by Gasteiger charge is 2.10. The molecule has 4 nitrogen and oxygen atoms in total. The Morgan fingerprint density at radius 3 is 2.78 bits per heavy atom. The van der Waals surface area contributed by atoms with Crippen molar-refractivity contribution >= 4 is 27.7 Å². The summed E-state index contributed by atoms with van der Waals surface area (Å²) in [5.74, 6) is -0.781. The van der Waals surface area contributed by atoms with Crippen LogP contribution in [0.3, 0.4) is 0 Å². The molecule has 0 spiro atoms. The number of esters is 1. The Morgan fingerprint density at radius 2 is 2.11 bits per heavy atom. The Bertz CT molecular complexity index is 417. The average molecular weight is 315 g/mol. The summed E-state index contributed by atoms with van der Waals surface area (Å²) in [5.41, 5.74) is 0.966. The van der Waals surface area contributed by atoms with Crippen LogP contribution in [0.2, 0.25) is 0 Å². The summed E-state index contributed by atoms with van der Waals surface area (Å²) in [6.45, 7) is 2.25. The van der Waals surface area contributed by atoms with Crippen molar-refractivity contribution in [3.05, 3.63) is 34.3 Å². The van der Waals surface area contributed by atoms with Crippen molar-refractivity contribution in [2.75, 3.05) is 13.2 Å². The predicted molar refractivity (Wildman–Crippen MR) is 70.1 cm³/mol. The second-order valence-electron chi connectivity index (χ2n) is 3.64. The van der Waals surface area contributed by atoms with Gasteiger partial charge in [-0.2, -0.15) is 0 Å². The molecule has 0 aliphatic heterocycles. The number of ether oxygens (including phenoxy) is 2. The third-order valence-electron chi connectivity index (χ3n) is 2.07. The Balaban J connectivity index is 2.25. The molecule has 0 unspecified atom stereocenters. The molecule has 18 heavy (non-hydrogen) atoms. The molecule has 0 bridgehead atoms. The van der Waals surface area contributed by atoms with Gasteiger partial charge in [0.15, 0.2) is 5.78 Å². The van der Waals surface area contributed by atoms with Crippen LogP contribution in [0.4, 0.5) is 0 Å². The summed E-state index contributed by atoms with van der Waals surface area (Å²) in [6.07, 6.45) is -0.230. The summed E-state index contributed by atoms with van der Waals surface area (Å²) < 4.78 is 10.9. The number of halogens is 1. The highest BCUT2D eigenvalue weighted by Crippen LogP contribution is 2.12. The van der Waals surface area contributed by atoms with Gasteiger partial charge < -0.3 is 9.47 Å². The van der Waals surface area contributed by atoms with E-state index < -0.39 is 5.97 Å². The van der Waals surface area contributed by atoms with Gasteiger partial charge >= 0.3 is 5.97 Å². The van der Waals surface area contributed by atoms with Gasteiger partial charge in [0.1, 0.15) is 13.0 Å². The fourth-order valence-corrected chi connectivity index (χ4v) is 1.78. The van der Waals surface area contributed by atoms with Gasteiger partial charge in [-0.05, 0) is 24.6 Å². The molecule has 0 atom stereocenters. The van der Waals surface area contributed by atoms with Crippen LogP contribution in [0.1, 0.15) is 18.9 Å². The first-order chi connectivity index (χ1) is 8.61. The molecule has 0 saturated carbocycles. The SMILES string of the molecule is CCOC(=O)CC(=O)COCc1cccc(Br)c1. The molecule has 0 radical (unpaired) electrons. The molecule has 0 fully saturated rings. The van der Waals surface area contributed by atoms with E-state index in [2.05, 4.69) is 20.7 Å². The van der Waals surface area contributed by atoms with Crippen molar-refractivity contribution in [1.29, 1.82) is 0 Å². The van der Waals surface area contributed by atoms with Crippen molar-refractivity contribution in [1.82, 2.24) is 0 Å². The molecule has 0 amide bonds. The molecule has 5 heteroatoms. The summed E-state index contributed by atoms with van der Waals surface area (Å²) in [4.78, 5) is 22.4. The van der Waals surface area contributed by atoms with Crippen LogP contribution in [0.5, 0.6) is 0 Å². The van der Waals surface area contributed by atoms with Gasteiger partial charge in [0.05, 0.1) is 13.2 Å². The van der Waals surface area contributed by atoms with Crippen LogP contribution in [-0.2, 0) is 25.7 Å². The van der Waals surface area contributed by atoms with Gasteiger partial charge in [-0.15, -0.1) is 0 Å². The van der Waals surface area contributed by atoms with E-state index in [0.29, 0.717) is 6.61 Å². The van der Waals surface area contributed by atoms with Crippen molar-refractivity contribution in [2.45, 2.75) is 20.0 Å². The van der Waals surface area contributed by atoms with E-state index in [9.17, 15) is 9.59 Å².